The predicted octanol–water partition coefficient (Wildman–Crippen LogP) is 3.51. The lowest BCUT2D eigenvalue weighted by Gasteiger charge is -2.31. The molecule has 3 rings (SSSR count). The molecule has 0 spiro atoms. The van der Waals surface area contributed by atoms with Crippen molar-refractivity contribution in [2.45, 2.75) is 51.0 Å². The van der Waals surface area contributed by atoms with Gasteiger partial charge >= 0.3 is 0 Å². The van der Waals surface area contributed by atoms with Crippen LogP contribution < -0.4 is 5.32 Å². The minimum Gasteiger partial charge on any atom is -0.349 e. The number of hydrogen-bond acceptors (Lipinski definition) is 4. The Morgan fingerprint density at radius 3 is 2.37 bits per heavy atom. The van der Waals surface area contributed by atoms with Crippen molar-refractivity contribution in [3.63, 3.8) is 0 Å². The van der Waals surface area contributed by atoms with E-state index in [1.807, 2.05) is 32.0 Å². The van der Waals surface area contributed by atoms with Crippen LogP contribution in [0.3, 0.4) is 0 Å². The van der Waals surface area contributed by atoms with Gasteiger partial charge in [-0.2, -0.15) is 4.31 Å². The highest BCUT2D eigenvalue weighted by molar-refractivity contribution is 7.89. The molecule has 5 nitrogen and oxygen atoms in total. The first-order valence-electron chi connectivity index (χ1n) is 9.28. The SMILES string of the molecule is CCc1sc(C(=O)NC2CCN(S(=O)(=O)c3ccc(C)cc3)CC2)cc1C. The first-order chi connectivity index (χ1) is 12.8. The largest absolute Gasteiger partial charge is 0.349 e. The summed E-state index contributed by atoms with van der Waals surface area (Å²) in [6.07, 6.45) is 2.18. The summed E-state index contributed by atoms with van der Waals surface area (Å²) in [5, 5.41) is 3.07. The lowest BCUT2D eigenvalue weighted by atomic mass is 10.1. The van der Waals surface area contributed by atoms with Crippen LogP contribution in [0.2, 0.25) is 0 Å². The summed E-state index contributed by atoms with van der Waals surface area (Å²) < 4.78 is 27.0. The Kier molecular flexibility index (Phi) is 6.03. The predicted molar refractivity (Wildman–Crippen MR) is 109 cm³/mol. The molecule has 0 unspecified atom stereocenters. The fourth-order valence-corrected chi connectivity index (χ4v) is 5.83. The molecule has 1 aliphatic rings. The number of hydrogen-bond donors (Lipinski definition) is 1. The summed E-state index contributed by atoms with van der Waals surface area (Å²) in [5.74, 6) is -0.0531. The Morgan fingerprint density at radius 1 is 1.19 bits per heavy atom. The molecule has 2 aromatic rings. The number of aryl methyl sites for hydroxylation is 3. The quantitative estimate of drug-likeness (QED) is 0.826. The molecule has 1 amide bonds. The van der Waals surface area contributed by atoms with E-state index >= 15 is 0 Å². The van der Waals surface area contributed by atoms with Crippen molar-refractivity contribution in [1.29, 1.82) is 0 Å². The molecule has 7 heteroatoms. The van der Waals surface area contributed by atoms with Crippen molar-refractivity contribution in [3.8, 4) is 0 Å². The average molecular weight is 407 g/mol. The molecule has 1 aliphatic heterocycles. The van der Waals surface area contributed by atoms with E-state index in [0.717, 1.165) is 22.4 Å². The van der Waals surface area contributed by atoms with E-state index in [-0.39, 0.29) is 11.9 Å². The van der Waals surface area contributed by atoms with Gasteiger partial charge in [0.2, 0.25) is 10.0 Å². The molecule has 1 aromatic heterocycles. The molecule has 0 aliphatic carbocycles. The van der Waals surface area contributed by atoms with Gasteiger partial charge in [-0.15, -0.1) is 11.3 Å². The summed E-state index contributed by atoms with van der Waals surface area (Å²) in [6.45, 7) is 6.89. The van der Waals surface area contributed by atoms with E-state index in [1.165, 1.54) is 9.18 Å². The van der Waals surface area contributed by atoms with Gasteiger partial charge in [0, 0.05) is 24.0 Å². The van der Waals surface area contributed by atoms with Crippen molar-refractivity contribution >= 4 is 27.3 Å². The van der Waals surface area contributed by atoms with Gasteiger partial charge in [-0.05, 0) is 56.9 Å². The number of benzene rings is 1. The molecular weight excluding hydrogens is 380 g/mol. The second-order valence-electron chi connectivity index (χ2n) is 7.04. The van der Waals surface area contributed by atoms with Gasteiger partial charge in [0.05, 0.1) is 9.77 Å². The number of thiophene rings is 1. The Bertz CT molecular complexity index is 909. The number of nitrogens with one attached hydrogen (secondary N) is 1. The zero-order valence-corrected chi connectivity index (χ0v) is 17.6. The molecule has 0 radical (unpaired) electrons. The Hall–Kier alpha value is -1.70. The van der Waals surface area contributed by atoms with Crippen LogP contribution in [0.25, 0.3) is 0 Å². The third-order valence-corrected chi connectivity index (χ3v) is 8.31. The molecule has 2 heterocycles. The fourth-order valence-electron chi connectivity index (χ4n) is 3.34. The normalized spacial score (nSPS) is 16.4. The molecule has 27 heavy (non-hydrogen) atoms. The van der Waals surface area contributed by atoms with Crippen LogP contribution in [0, 0.1) is 13.8 Å². The molecular formula is C20H26N2O3S2. The first kappa shape index (κ1) is 20.0. The highest BCUT2D eigenvalue weighted by atomic mass is 32.2. The minimum atomic E-state index is -3.47. The molecule has 146 valence electrons. The summed E-state index contributed by atoms with van der Waals surface area (Å²) in [4.78, 5) is 14.8. The van der Waals surface area contributed by atoms with Gasteiger partial charge in [0.25, 0.3) is 5.91 Å². The maximum atomic E-state index is 12.8. The van der Waals surface area contributed by atoms with Crippen molar-refractivity contribution < 1.29 is 13.2 Å². The molecule has 1 aromatic carbocycles. The highest BCUT2D eigenvalue weighted by Crippen LogP contribution is 2.24. The van der Waals surface area contributed by atoms with Crippen LogP contribution in [-0.4, -0.2) is 37.8 Å². The maximum Gasteiger partial charge on any atom is 0.261 e. The molecule has 1 saturated heterocycles. The van der Waals surface area contributed by atoms with Crippen LogP contribution in [0.5, 0.6) is 0 Å². The van der Waals surface area contributed by atoms with Crippen molar-refractivity contribution in [2.75, 3.05) is 13.1 Å². The van der Waals surface area contributed by atoms with Crippen LogP contribution in [0.4, 0.5) is 0 Å². The zero-order chi connectivity index (χ0) is 19.6. The summed E-state index contributed by atoms with van der Waals surface area (Å²) in [7, 11) is -3.47. The van der Waals surface area contributed by atoms with Gasteiger partial charge < -0.3 is 5.32 Å². The molecule has 0 saturated carbocycles. The second kappa shape index (κ2) is 8.12. The van der Waals surface area contributed by atoms with Crippen molar-refractivity contribution in [2.24, 2.45) is 0 Å². The molecule has 1 fully saturated rings. The molecule has 0 bridgehead atoms. The third-order valence-electron chi connectivity index (χ3n) is 5.01. The minimum absolute atomic E-state index is 0.00875. The Balaban J connectivity index is 1.59. The van der Waals surface area contributed by atoms with Gasteiger partial charge in [-0.25, -0.2) is 8.42 Å². The van der Waals surface area contributed by atoms with Crippen LogP contribution in [-0.2, 0) is 16.4 Å². The van der Waals surface area contributed by atoms with Crippen LogP contribution >= 0.6 is 11.3 Å². The van der Waals surface area contributed by atoms with Crippen LogP contribution in [0.1, 0.15) is 45.4 Å². The van der Waals surface area contributed by atoms with E-state index < -0.39 is 10.0 Å². The van der Waals surface area contributed by atoms with E-state index in [2.05, 4.69) is 12.2 Å². The summed E-state index contributed by atoms with van der Waals surface area (Å²) in [5.41, 5.74) is 2.19. The fraction of sp³-hybridized carbons (Fsp3) is 0.450. The molecule has 1 N–H and O–H groups in total. The lowest BCUT2D eigenvalue weighted by molar-refractivity contribution is 0.0928. The Morgan fingerprint density at radius 2 is 1.81 bits per heavy atom. The number of carbonyl (C=O) groups is 1. The van der Waals surface area contributed by atoms with Gasteiger partial charge in [0.15, 0.2) is 0 Å². The van der Waals surface area contributed by atoms with E-state index in [9.17, 15) is 13.2 Å². The maximum absolute atomic E-state index is 12.8. The molecule has 0 atom stereocenters. The van der Waals surface area contributed by atoms with Gasteiger partial charge in [-0.1, -0.05) is 24.6 Å². The lowest BCUT2D eigenvalue weighted by Crippen LogP contribution is -2.46. The van der Waals surface area contributed by atoms with E-state index in [4.69, 9.17) is 0 Å². The summed E-state index contributed by atoms with van der Waals surface area (Å²) >= 11 is 1.54. The Labute approximate surface area is 165 Å². The van der Waals surface area contributed by atoms with E-state index in [0.29, 0.717) is 30.8 Å². The summed E-state index contributed by atoms with van der Waals surface area (Å²) in [6, 6.07) is 8.89. The number of carbonyl (C=O) groups excluding carboxylic acids is 1. The number of piperidine rings is 1. The van der Waals surface area contributed by atoms with Gasteiger partial charge in [0.1, 0.15) is 0 Å². The van der Waals surface area contributed by atoms with E-state index in [1.54, 1.807) is 23.5 Å². The standard InChI is InChI=1S/C20H26N2O3S2/c1-4-18-15(3)13-19(26-18)20(23)21-16-9-11-22(12-10-16)27(24,25)17-7-5-14(2)6-8-17/h5-8,13,16H,4,9-12H2,1-3H3,(H,21,23). The average Bonchev–Trinajstić information content (AvgIpc) is 3.03. The first-order valence-corrected chi connectivity index (χ1v) is 11.5. The number of sulfonamides is 1. The highest BCUT2D eigenvalue weighted by Gasteiger charge is 2.30. The smallest absolute Gasteiger partial charge is 0.261 e. The number of rotatable bonds is 5. The third kappa shape index (κ3) is 4.42. The van der Waals surface area contributed by atoms with Crippen molar-refractivity contribution in [3.05, 3.63) is 51.2 Å². The monoisotopic (exact) mass is 406 g/mol. The zero-order valence-electron chi connectivity index (χ0n) is 16.0. The second-order valence-corrected chi connectivity index (χ2v) is 10.1. The van der Waals surface area contributed by atoms with Gasteiger partial charge in [-0.3, -0.25) is 4.79 Å². The number of amides is 1. The topological polar surface area (TPSA) is 66.5 Å². The van der Waals surface area contributed by atoms with Crippen molar-refractivity contribution in [1.82, 2.24) is 9.62 Å². The number of nitrogens with zero attached hydrogens (tertiary/aromatic N) is 1. The van der Waals surface area contributed by atoms with Crippen LogP contribution in [0.15, 0.2) is 35.2 Å².